The molecule has 0 spiro atoms. The van der Waals surface area contributed by atoms with Crippen molar-refractivity contribution in [2.24, 2.45) is 0 Å². The minimum atomic E-state index is 0.392. The van der Waals surface area contributed by atoms with Crippen LogP contribution in [0.5, 0.6) is 11.5 Å². The smallest absolute Gasteiger partial charge is 0.162 e. The summed E-state index contributed by atoms with van der Waals surface area (Å²) >= 11 is 15.7. The molecule has 0 bridgehead atoms. The molecule has 0 atom stereocenters. The van der Waals surface area contributed by atoms with Gasteiger partial charge in [0.25, 0.3) is 0 Å². The lowest BCUT2D eigenvalue weighted by Crippen LogP contribution is -2.25. The molecule has 1 aliphatic rings. The van der Waals surface area contributed by atoms with E-state index in [9.17, 15) is 0 Å². The predicted molar refractivity (Wildman–Crippen MR) is 115 cm³/mol. The minimum absolute atomic E-state index is 0.392. The summed E-state index contributed by atoms with van der Waals surface area (Å²) in [6.07, 6.45) is 5.18. The fourth-order valence-corrected chi connectivity index (χ4v) is 4.05. The molecule has 6 heteroatoms. The molecule has 146 valence electrons. The molecule has 0 unspecified atom stereocenters. The molecule has 0 aliphatic heterocycles. The SMILES string of the molecule is CCOc1cc(CNC2CCCC2)c(Br)cc1OCc1ccc(Cl)c(Cl)c1. The first-order chi connectivity index (χ1) is 13.1. The highest BCUT2D eigenvalue weighted by molar-refractivity contribution is 9.10. The first kappa shape index (κ1) is 20.8. The predicted octanol–water partition coefficient (Wildman–Crippen LogP) is 6.77. The van der Waals surface area contributed by atoms with Crippen molar-refractivity contribution in [2.45, 2.75) is 51.8 Å². The van der Waals surface area contributed by atoms with E-state index in [1.165, 1.54) is 31.2 Å². The molecule has 1 saturated carbocycles. The van der Waals surface area contributed by atoms with Crippen LogP contribution >= 0.6 is 39.1 Å². The Bertz CT molecular complexity index is 779. The molecular weight excluding hydrogens is 449 g/mol. The van der Waals surface area contributed by atoms with E-state index in [0.29, 0.717) is 35.1 Å². The number of rotatable bonds is 8. The van der Waals surface area contributed by atoms with Crippen molar-refractivity contribution in [1.82, 2.24) is 5.32 Å². The average molecular weight is 473 g/mol. The van der Waals surface area contributed by atoms with Crippen molar-refractivity contribution in [2.75, 3.05) is 6.61 Å². The van der Waals surface area contributed by atoms with Crippen molar-refractivity contribution in [3.05, 3.63) is 56.0 Å². The molecule has 0 saturated heterocycles. The highest BCUT2D eigenvalue weighted by Gasteiger charge is 2.16. The van der Waals surface area contributed by atoms with Crippen molar-refractivity contribution >= 4 is 39.1 Å². The van der Waals surface area contributed by atoms with E-state index >= 15 is 0 Å². The number of halogens is 3. The van der Waals surface area contributed by atoms with Crippen molar-refractivity contribution in [1.29, 1.82) is 0 Å². The first-order valence-electron chi connectivity index (χ1n) is 9.32. The van der Waals surface area contributed by atoms with E-state index < -0.39 is 0 Å². The van der Waals surface area contributed by atoms with E-state index in [2.05, 4.69) is 27.3 Å². The molecule has 0 heterocycles. The largest absolute Gasteiger partial charge is 0.490 e. The van der Waals surface area contributed by atoms with Gasteiger partial charge in [-0.1, -0.05) is 58.0 Å². The van der Waals surface area contributed by atoms with Gasteiger partial charge in [0.1, 0.15) is 6.61 Å². The molecule has 3 rings (SSSR count). The fourth-order valence-electron chi connectivity index (χ4n) is 3.27. The topological polar surface area (TPSA) is 30.5 Å². The summed E-state index contributed by atoms with van der Waals surface area (Å²) in [5, 5.41) is 4.71. The van der Waals surface area contributed by atoms with Crippen LogP contribution in [0.3, 0.4) is 0 Å². The Balaban J connectivity index is 1.71. The Morgan fingerprint density at radius 3 is 2.48 bits per heavy atom. The van der Waals surface area contributed by atoms with E-state index in [-0.39, 0.29) is 0 Å². The van der Waals surface area contributed by atoms with Crippen LogP contribution in [0.2, 0.25) is 10.0 Å². The minimum Gasteiger partial charge on any atom is -0.490 e. The molecular formula is C21H24BrCl2NO2. The van der Waals surface area contributed by atoms with Crippen LogP contribution in [0.4, 0.5) is 0 Å². The highest BCUT2D eigenvalue weighted by Crippen LogP contribution is 2.35. The van der Waals surface area contributed by atoms with Gasteiger partial charge in [0.05, 0.1) is 16.7 Å². The van der Waals surface area contributed by atoms with Crippen LogP contribution in [0, 0.1) is 0 Å². The van der Waals surface area contributed by atoms with Gasteiger partial charge in [-0.25, -0.2) is 0 Å². The van der Waals surface area contributed by atoms with E-state index in [1.54, 1.807) is 6.07 Å². The maximum Gasteiger partial charge on any atom is 0.162 e. The van der Waals surface area contributed by atoms with Gasteiger partial charge in [-0.3, -0.25) is 0 Å². The summed E-state index contributed by atoms with van der Waals surface area (Å²) in [6, 6.07) is 10.2. The molecule has 1 N–H and O–H groups in total. The van der Waals surface area contributed by atoms with E-state index in [0.717, 1.165) is 22.3 Å². The quantitative estimate of drug-likeness (QED) is 0.460. The van der Waals surface area contributed by atoms with Crippen LogP contribution < -0.4 is 14.8 Å². The van der Waals surface area contributed by atoms with Crippen molar-refractivity contribution in [3.8, 4) is 11.5 Å². The normalized spacial score (nSPS) is 14.5. The van der Waals surface area contributed by atoms with Crippen LogP contribution in [0.15, 0.2) is 34.8 Å². The number of ether oxygens (including phenoxy) is 2. The molecule has 0 aromatic heterocycles. The second-order valence-corrected chi connectivity index (χ2v) is 8.39. The summed E-state index contributed by atoms with van der Waals surface area (Å²) in [6.45, 7) is 3.77. The fraction of sp³-hybridized carbons (Fsp3) is 0.429. The first-order valence-corrected chi connectivity index (χ1v) is 10.9. The molecule has 1 fully saturated rings. The molecule has 2 aromatic carbocycles. The summed E-state index contributed by atoms with van der Waals surface area (Å²) in [5.74, 6) is 1.46. The zero-order valence-electron chi connectivity index (χ0n) is 15.4. The van der Waals surface area contributed by atoms with Crippen LogP contribution in [-0.2, 0) is 13.2 Å². The highest BCUT2D eigenvalue weighted by atomic mass is 79.9. The van der Waals surface area contributed by atoms with Crippen molar-refractivity contribution in [3.63, 3.8) is 0 Å². The molecule has 1 aliphatic carbocycles. The number of hydrogen-bond donors (Lipinski definition) is 1. The third-order valence-electron chi connectivity index (χ3n) is 4.73. The lowest BCUT2D eigenvalue weighted by molar-refractivity contribution is 0.269. The van der Waals surface area contributed by atoms with Gasteiger partial charge in [0.15, 0.2) is 11.5 Å². The summed E-state index contributed by atoms with van der Waals surface area (Å²) < 4.78 is 12.8. The lowest BCUT2D eigenvalue weighted by atomic mass is 10.1. The summed E-state index contributed by atoms with van der Waals surface area (Å²) in [5.41, 5.74) is 2.13. The van der Waals surface area contributed by atoms with Gasteiger partial charge in [-0.15, -0.1) is 0 Å². The van der Waals surface area contributed by atoms with E-state index in [4.69, 9.17) is 32.7 Å². The average Bonchev–Trinajstić information content (AvgIpc) is 3.17. The van der Waals surface area contributed by atoms with Crippen LogP contribution in [-0.4, -0.2) is 12.6 Å². The van der Waals surface area contributed by atoms with Crippen LogP contribution in [0.25, 0.3) is 0 Å². The number of hydrogen-bond acceptors (Lipinski definition) is 3. The lowest BCUT2D eigenvalue weighted by Gasteiger charge is -2.17. The third-order valence-corrected chi connectivity index (χ3v) is 6.20. The second-order valence-electron chi connectivity index (χ2n) is 6.72. The van der Waals surface area contributed by atoms with Gasteiger partial charge in [-0.2, -0.15) is 0 Å². The van der Waals surface area contributed by atoms with Gasteiger partial charge in [0.2, 0.25) is 0 Å². The summed E-state index contributed by atoms with van der Waals surface area (Å²) in [4.78, 5) is 0. The zero-order chi connectivity index (χ0) is 19.2. The standard InChI is InChI=1S/C21H24BrCl2NO2/c1-2-26-20-10-15(12-25-16-5-3-4-6-16)17(22)11-21(20)27-13-14-7-8-18(23)19(24)9-14/h7-11,16,25H,2-6,12-13H2,1H3. The Kier molecular flexibility index (Phi) is 7.71. The molecule has 0 radical (unpaired) electrons. The Labute approximate surface area is 179 Å². The molecule has 27 heavy (non-hydrogen) atoms. The van der Waals surface area contributed by atoms with Crippen LogP contribution in [0.1, 0.15) is 43.7 Å². The monoisotopic (exact) mass is 471 g/mol. The maximum atomic E-state index is 6.08. The zero-order valence-corrected chi connectivity index (χ0v) is 18.5. The van der Waals surface area contributed by atoms with Gasteiger partial charge in [0, 0.05) is 17.1 Å². The van der Waals surface area contributed by atoms with Crippen molar-refractivity contribution < 1.29 is 9.47 Å². The molecule has 2 aromatic rings. The molecule has 0 amide bonds. The Morgan fingerprint density at radius 2 is 1.78 bits per heavy atom. The molecule has 3 nitrogen and oxygen atoms in total. The number of benzene rings is 2. The summed E-state index contributed by atoms with van der Waals surface area (Å²) in [7, 11) is 0. The van der Waals surface area contributed by atoms with Gasteiger partial charge >= 0.3 is 0 Å². The number of nitrogens with one attached hydrogen (secondary N) is 1. The maximum absolute atomic E-state index is 6.08. The third kappa shape index (κ3) is 5.77. The van der Waals surface area contributed by atoms with Gasteiger partial charge < -0.3 is 14.8 Å². The second kappa shape index (κ2) is 10.0. The van der Waals surface area contributed by atoms with E-state index in [1.807, 2.05) is 25.1 Å². The Hall–Kier alpha value is -0.940. The van der Waals surface area contributed by atoms with Gasteiger partial charge in [-0.05, 0) is 55.2 Å². The Morgan fingerprint density at radius 1 is 1.04 bits per heavy atom.